The van der Waals surface area contributed by atoms with E-state index in [2.05, 4.69) is 0 Å². The molecule has 2 unspecified atom stereocenters. The van der Waals surface area contributed by atoms with Crippen molar-refractivity contribution in [3.63, 3.8) is 0 Å². The Kier molecular flexibility index (Phi) is 3.67. The van der Waals surface area contributed by atoms with E-state index in [-0.39, 0.29) is 35.8 Å². The van der Waals surface area contributed by atoms with E-state index in [1.165, 1.54) is 12.1 Å². The molecule has 1 aromatic rings. The number of carbonyl (C=O) groups is 2. The predicted octanol–water partition coefficient (Wildman–Crippen LogP) is 0.240. The number of nitrogens with zero attached hydrogens (tertiary/aromatic N) is 1. The van der Waals surface area contributed by atoms with Gasteiger partial charge in [0, 0.05) is 0 Å². The van der Waals surface area contributed by atoms with Crippen LogP contribution in [0.2, 0.25) is 0 Å². The van der Waals surface area contributed by atoms with E-state index in [9.17, 15) is 23.1 Å². The highest BCUT2D eigenvalue weighted by Crippen LogP contribution is 2.49. The lowest BCUT2D eigenvalue weighted by molar-refractivity contribution is -0.144. The van der Waals surface area contributed by atoms with Crippen LogP contribution in [-0.2, 0) is 24.5 Å². The van der Waals surface area contributed by atoms with Crippen LogP contribution in [0.4, 0.5) is 5.69 Å². The van der Waals surface area contributed by atoms with Gasteiger partial charge in [-0.2, -0.15) is 8.42 Å². The van der Waals surface area contributed by atoms with Gasteiger partial charge in [-0.15, -0.1) is 0 Å². The Bertz CT molecular complexity index is 775. The number of hydrogen-bond acceptors (Lipinski definition) is 6. The van der Waals surface area contributed by atoms with Crippen LogP contribution in [0.3, 0.4) is 0 Å². The molecule has 0 radical (unpaired) electrons. The lowest BCUT2D eigenvalue weighted by Gasteiger charge is -2.16. The summed E-state index contributed by atoms with van der Waals surface area (Å²) in [4.78, 5) is 22.9. The highest BCUT2D eigenvalue weighted by molar-refractivity contribution is 7.92. The van der Waals surface area contributed by atoms with Gasteiger partial charge in [0.15, 0.2) is 0 Å². The van der Waals surface area contributed by atoms with Crippen LogP contribution in [0.25, 0.3) is 0 Å². The fourth-order valence-corrected chi connectivity index (χ4v) is 3.88. The number of ether oxygens (including phenoxy) is 1. The van der Waals surface area contributed by atoms with Crippen molar-refractivity contribution in [1.29, 1.82) is 0 Å². The van der Waals surface area contributed by atoms with E-state index < -0.39 is 16.1 Å². The average molecular weight is 340 g/mol. The Morgan fingerprint density at radius 1 is 1.48 bits per heavy atom. The van der Waals surface area contributed by atoms with Gasteiger partial charge in [-0.1, -0.05) is 6.07 Å². The summed E-state index contributed by atoms with van der Waals surface area (Å²) in [5.74, 6) is -1.43. The monoisotopic (exact) mass is 340 g/mol. The van der Waals surface area contributed by atoms with Gasteiger partial charge in [0.05, 0.1) is 18.2 Å². The van der Waals surface area contributed by atoms with Crippen molar-refractivity contribution in [2.24, 2.45) is 5.92 Å². The Morgan fingerprint density at radius 2 is 2.22 bits per heavy atom. The van der Waals surface area contributed by atoms with Gasteiger partial charge in [0.25, 0.3) is 5.91 Å². The van der Waals surface area contributed by atoms with Crippen molar-refractivity contribution >= 4 is 27.8 Å². The van der Waals surface area contributed by atoms with Gasteiger partial charge in [-0.25, -0.2) is 9.03 Å². The number of rotatable bonds is 4. The van der Waals surface area contributed by atoms with Crippen LogP contribution in [0.15, 0.2) is 18.2 Å². The number of phenolic OH excluding ortho intramolecular Hbond substituents is 1. The van der Waals surface area contributed by atoms with Crippen LogP contribution in [0.5, 0.6) is 5.75 Å². The topological polar surface area (TPSA) is 113 Å². The van der Waals surface area contributed by atoms with Gasteiger partial charge in [0.2, 0.25) is 0 Å². The van der Waals surface area contributed by atoms with Crippen LogP contribution in [0.1, 0.15) is 24.8 Å². The molecule has 2 aliphatic rings. The number of nitrogens with one attached hydrogen (secondary N) is 1. The van der Waals surface area contributed by atoms with Gasteiger partial charge in [-0.3, -0.25) is 9.59 Å². The Hall–Kier alpha value is -2.29. The summed E-state index contributed by atoms with van der Waals surface area (Å²) in [6.45, 7) is 1.69. The number of aromatic hydroxyl groups is 1. The maximum absolute atomic E-state index is 11.8. The first-order valence-corrected chi connectivity index (χ1v) is 8.60. The minimum Gasteiger partial charge on any atom is -0.506 e. The minimum atomic E-state index is -3.96. The highest BCUT2D eigenvalue weighted by atomic mass is 32.2. The van der Waals surface area contributed by atoms with E-state index in [0.29, 0.717) is 13.0 Å². The summed E-state index contributed by atoms with van der Waals surface area (Å²) in [6, 6.07) is 4.51. The highest BCUT2D eigenvalue weighted by Gasteiger charge is 2.45. The van der Waals surface area contributed by atoms with Gasteiger partial charge >= 0.3 is 16.2 Å². The molecule has 0 aromatic heterocycles. The Balaban J connectivity index is 1.80. The maximum atomic E-state index is 11.8. The molecule has 124 valence electrons. The second-order valence-corrected chi connectivity index (χ2v) is 7.08. The zero-order chi connectivity index (χ0) is 16.8. The molecule has 2 fully saturated rings. The third kappa shape index (κ3) is 2.83. The van der Waals surface area contributed by atoms with Gasteiger partial charge in [0.1, 0.15) is 12.3 Å². The molecule has 9 heteroatoms. The molecule has 3 rings (SSSR count). The first-order valence-electron chi connectivity index (χ1n) is 7.16. The van der Waals surface area contributed by atoms with E-state index in [4.69, 9.17) is 4.74 Å². The first kappa shape index (κ1) is 15.6. The third-order valence-corrected chi connectivity index (χ3v) is 5.29. The second kappa shape index (κ2) is 5.41. The van der Waals surface area contributed by atoms with E-state index in [0.717, 1.165) is 9.87 Å². The fourth-order valence-electron chi connectivity index (χ4n) is 2.72. The molecule has 1 aromatic carbocycles. The van der Waals surface area contributed by atoms with Crippen molar-refractivity contribution in [1.82, 2.24) is 4.72 Å². The van der Waals surface area contributed by atoms with E-state index >= 15 is 0 Å². The average Bonchev–Trinajstić information content (AvgIpc) is 3.20. The SMILES string of the molecule is CCOC(=O)C1CC1c1ccc(N2CC(=O)NS2(=O)=O)c(O)c1. The number of hydrogen-bond donors (Lipinski definition) is 2. The molecule has 1 heterocycles. The van der Waals surface area contributed by atoms with E-state index in [1.807, 2.05) is 4.72 Å². The lowest BCUT2D eigenvalue weighted by atomic mass is 10.1. The summed E-state index contributed by atoms with van der Waals surface area (Å²) in [5, 5.41) is 10.1. The molecule has 1 aliphatic carbocycles. The summed E-state index contributed by atoms with van der Waals surface area (Å²) in [5.41, 5.74) is 0.764. The normalized spacial score (nSPS) is 25.1. The Labute approximate surface area is 133 Å². The molecular formula is C14H16N2O6S. The van der Waals surface area contributed by atoms with Crippen LogP contribution < -0.4 is 9.03 Å². The van der Waals surface area contributed by atoms with Crippen LogP contribution in [-0.4, -0.2) is 38.6 Å². The molecule has 2 atom stereocenters. The number of anilines is 1. The number of amides is 1. The smallest absolute Gasteiger partial charge is 0.326 e. The first-order chi connectivity index (χ1) is 10.8. The van der Waals surface area contributed by atoms with E-state index in [1.54, 1.807) is 13.0 Å². The molecule has 1 saturated heterocycles. The molecule has 0 spiro atoms. The predicted molar refractivity (Wildman–Crippen MR) is 80.0 cm³/mol. The number of benzene rings is 1. The summed E-state index contributed by atoms with van der Waals surface area (Å²) in [6.07, 6.45) is 0.639. The molecular weight excluding hydrogens is 324 g/mol. The summed E-state index contributed by atoms with van der Waals surface area (Å²) >= 11 is 0. The number of esters is 1. The number of carbonyl (C=O) groups excluding carboxylic acids is 2. The molecule has 2 N–H and O–H groups in total. The number of phenols is 1. The molecule has 1 saturated carbocycles. The fraction of sp³-hybridized carbons (Fsp3) is 0.429. The Morgan fingerprint density at radius 3 is 2.78 bits per heavy atom. The summed E-state index contributed by atoms with van der Waals surface area (Å²) in [7, 11) is -3.96. The van der Waals surface area contributed by atoms with Crippen LogP contribution in [0, 0.1) is 5.92 Å². The molecule has 23 heavy (non-hydrogen) atoms. The summed E-state index contributed by atoms with van der Waals surface area (Å²) < 4.78 is 31.2. The lowest BCUT2D eigenvalue weighted by Crippen LogP contribution is -2.29. The van der Waals surface area contributed by atoms with Crippen molar-refractivity contribution in [2.75, 3.05) is 17.5 Å². The zero-order valence-electron chi connectivity index (χ0n) is 12.4. The maximum Gasteiger partial charge on any atom is 0.326 e. The zero-order valence-corrected chi connectivity index (χ0v) is 13.2. The molecule has 0 bridgehead atoms. The molecule has 1 aliphatic heterocycles. The van der Waals surface area contributed by atoms with Crippen molar-refractivity contribution in [3.05, 3.63) is 23.8 Å². The second-order valence-electron chi connectivity index (χ2n) is 5.49. The van der Waals surface area contributed by atoms with Crippen molar-refractivity contribution < 1.29 is 27.9 Å². The third-order valence-electron chi connectivity index (χ3n) is 3.90. The molecule has 8 nitrogen and oxygen atoms in total. The van der Waals surface area contributed by atoms with Crippen molar-refractivity contribution in [3.8, 4) is 5.75 Å². The quantitative estimate of drug-likeness (QED) is 0.759. The van der Waals surface area contributed by atoms with Crippen LogP contribution >= 0.6 is 0 Å². The minimum absolute atomic E-state index is 0.0282. The standard InChI is InChI=1S/C14H16N2O6S/c1-2-22-14(19)10-6-9(10)8-3-4-11(12(17)5-8)16-7-13(18)15-23(16,20)21/h3-5,9-10,17H,2,6-7H2,1H3,(H,15,18). The molecule has 1 amide bonds. The van der Waals surface area contributed by atoms with Crippen molar-refractivity contribution in [2.45, 2.75) is 19.3 Å². The largest absolute Gasteiger partial charge is 0.506 e. The van der Waals surface area contributed by atoms with Gasteiger partial charge in [-0.05, 0) is 37.0 Å². The van der Waals surface area contributed by atoms with Gasteiger partial charge < -0.3 is 9.84 Å².